The van der Waals surface area contributed by atoms with E-state index in [1.807, 2.05) is 0 Å². The zero-order chi connectivity index (χ0) is 14.5. The summed E-state index contributed by atoms with van der Waals surface area (Å²) >= 11 is 0. The van der Waals surface area contributed by atoms with Gasteiger partial charge in [-0.1, -0.05) is 13.3 Å². The fourth-order valence-electron chi connectivity index (χ4n) is 3.05. The zero-order valence-corrected chi connectivity index (χ0v) is 13.4. The van der Waals surface area contributed by atoms with Crippen LogP contribution in [0.1, 0.15) is 45.4 Å². The number of nitrogens with zero attached hydrogens (tertiary/aromatic N) is 2. The lowest BCUT2D eigenvalue weighted by molar-refractivity contribution is 0.0979. The Morgan fingerprint density at radius 3 is 2.32 bits per heavy atom. The Kier molecular flexibility index (Phi) is 6.23. The molecular weight excluding hydrogens is 262 g/mol. The molecule has 2 N–H and O–H groups in total. The Morgan fingerprint density at radius 1 is 1.26 bits per heavy atom. The molecule has 0 aromatic heterocycles. The summed E-state index contributed by atoms with van der Waals surface area (Å²) in [6, 6.07) is 0. The van der Waals surface area contributed by atoms with Gasteiger partial charge >= 0.3 is 0 Å². The van der Waals surface area contributed by atoms with Crippen LogP contribution in [0.5, 0.6) is 0 Å². The summed E-state index contributed by atoms with van der Waals surface area (Å²) in [5.74, 6) is 0. The maximum absolute atomic E-state index is 11.2. The van der Waals surface area contributed by atoms with Crippen molar-refractivity contribution < 1.29 is 8.42 Å². The summed E-state index contributed by atoms with van der Waals surface area (Å²) in [5, 5.41) is 5.10. The highest BCUT2D eigenvalue weighted by Gasteiger charge is 2.32. The molecule has 1 saturated heterocycles. The first-order valence-electron chi connectivity index (χ1n) is 7.22. The maximum atomic E-state index is 11.2. The van der Waals surface area contributed by atoms with Crippen molar-refractivity contribution in [2.75, 3.05) is 33.7 Å². The fraction of sp³-hybridized carbons (Fsp3) is 1.00. The fourth-order valence-corrected chi connectivity index (χ4v) is 3.44. The Morgan fingerprint density at radius 2 is 1.84 bits per heavy atom. The molecule has 1 aliphatic rings. The van der Waals surface area contributed by atoms with Crippen LogP contribution in [0.3, 0.4) is 0 Å². The number of hydrogen-bond acceptors (Lipinski definition) is 3. The van der Waals surface area contributed by atoms with E-state index >= 15 is 0 Å². The SMILES string of the molecule is CCCC1(CCCN(C)S(N)(=O)=O)CCN(C)CC1. The van der Waals surface area contributed by atoms with Crippen LogP contribution in [-0.2, 0) is 10.2 Å². The molecule has 0 atom stereocenters. The van der Waals surface area contributed by atoms with Crippen molar-refractivity contribution in [2.45, 2.75) is 45.4 Å². The van der Waals surface area contributed by atoms with Gasteiger partial charge in [0, 0.05) is 13.6 Å². The number of nitrogens with two attached hydrogens (primary N) is 1. The van der Waals surface area contributed by atoms with Crippen molar-refractivity contribution in [3.05, 3.63) is 0 Å². The summed E-state index contributed by atoms with van der Waals surface area (Å²) in [6.45, 7) is 5.08. The molecule has 19 heavy (non-hydrogen) atoms. The summed E-state index contributed by atoms with van der Waals surface area (Å²) in [5.41, 5.74) is 0.417. The van der Waals surface area contributed by atoms with Gasteiger partial charge in [-0.15, -0.1) is 0 Å². The highest BCUT2D eigenvalue weighted by molar-refractivity contribution is 7.86. The lowest BCUT2D eigenvalue weighted by Crippen LogP contribution is -2.39. The molecule has 1 heterocycles. The van der Waals surface area contributed by atoms with E-state index in [1.165, 1.54) is 30.0 Å². The number of likely N-dealkylation sites (tertiary alicyclic amines) is 1. The minimum Gasteiger partial charge on any atom is -0.306 e. The monoisotopic (exact) mass is 291 g/mol. The van der Waals surface area contributed by atoms with E-state index < -0.39 is 10.2 Å². The molecule has 114 valence electrons. The van der Waals surface area contributed by atoms with Gasteiger partial charge in [-0.3, -0.25) is 0 Å². The smallest absolute Gasteiger partial charge is 0.276 e. The van der Waals surface area contributed by atoms with Crippen molar-refractivity contribution in [3.8, 4) is 0 Å². The second kappa shape index (κ2) is 7.02. The third kappa shape index (κ3) is 5.38. The molecule has 1 aliphatic heterocycles. The average molecular weight is 291 g/mol. The number of rotatable bonds is 7. The number of hydrogen-bond donors (Lipinski definition) is 1. The molecule has 0 amide bonds. The number of piperidine rings is 1. The van der Waals surface area contributed by atoms with Gasteiger partial charge in [0.05, 0.1) is 0 Å². The first kappa shape index (κ1) is 16.9. The minimum absolute atomic E-state index is 0.417. The molecule has 0 aliphatic carbocycles. The largest absolute Gasteiger partial charge is 0.306 e. The Bertz CT molecular complexity index is 362. The highest BCUT2D eigenvalue weighted by Crippen LogP contribution is 2.40. The lowest BCUT2D eigenvalue weighted by Gasteiger charge is -2.41. The molecule has 6 heteroatoms. The van der Waals surface area contributed by atoms with Gasteiger partial charge in [0.15, 0.2) is 0 Å². The van der Waals surface area contributed by atoms with Crippen molar-refractivity contribution in [1.29, 1.82) is 0 Å². The first-order valence-corrected chi connectivity index (χ1v) is 8.72. The summed E-state index contributed by atoms with van der Waals surface area (Å²) in [4.78, 5) is 2.38. The van der Waals surface area contributed by atoms with Crippen LogP contribution in [0.25, 0.3) is 0 Å². The quantitative estimate of drug-likeness (QED) is 0.771. The van der Waals surface area contributed by atoms with E-state index in [2.05, 4.69) is 18.9 Å². The minimum atomic E-state index is -3.52. The molecule has 0 saturated carbocycles. The van der Waals surface area contributed by atoms with Gasteiger partial charge in [0.2, 0.25) is 0 Å². The van der Waals surface area contributed by atoms with E-state index in [9.17, 15) is 8.42 Å². The van der Waals surface area contributed by atoms with E-state index in [0.29, 0.717) is 12.0 Å². The van der Waals surface area contributed by atoms with Gasteiger partial charge in [-0.2, -0.15) is 12.7 Å². The van der Waals surface area contributed by atoms with Crippen LogP contribution in [0.4, 0.5) is 0 Å². The van der Waals surface area contributed by atoms with E-state index in [4.69, 9.17) is 5.14 Å². The molecule has 0 aromatic rings. The predicted octanol–water partition coefficient (Wildman–Crippen LogP) is 1.41. The average Bonchev–Trinajstić information content (AvgIpc) is 2.32. The van der Waals surface area contributed by atoms with Crippen molar-refractivity contribution >= 4 is 10.2 Å². The van der Waals surface area contributed by atoms with Gasteiger partial charge in [-0.25, -0.2) is 5.14 Å². The van der Waals surface area contributed by atoms with Crippen LogP contribution in [0, 0.1) is 5.41 Å². The van der Waals surface area contributed by atoms with Crippen molar-refractivity contribution in [2.24, 2.45) is 10.6 Å². The Balaban J connectivity index is 2.47. The highest BCUT2D eigenvalue weighted by atomic mass is 32.2. The van der Waals surface area contributed by atoms with E-state index in [-0.39, 0.29) is 0 Å². The van der Waals surface area contributed by atoms with Crippen LogP contribution in [0.15, 0.2) is 0 Å². The Labute approximate surface area is 118 Å². The van der Waals surface area contributed by atoms with Gasteiger partial charge in [0.1, 0.15) is 0 Å². The molecular formula is C13H29N3O2S. The first-order chi connectivity index (χ1) is 8.79. The van der Waals surface area contributed by atoms with Crippen LogP contribution in [-0.4, -0.2) is 51.4 Å². The van der Waals surface area contributed by atoms with Gasteiger partial charge in [-0.05, 0) is 57.7 Å². The van der Waals surface area contributed by atoms with E-state index in [1.54, 1.807) is 7.05 Å². The molecule has 0 radical (unpaired) electrons. The zero-order valence-electron chi connectivity index (χ0n) is 12.6. The van der Waals surface area contributed by atoms with Crippen molar-refractivity contribution in [3.63, 3.8) is 0 Å². The lowest BCUT2D eigenvalue weighted by atomic mass is 9.72. The van der Waals surface area contributed by atoms with Crippen molar-refractivity contribution in [1.82, 2.24) is 9.21 Å². The van der Waals surface area contributed by atoms with E-state index in [0.717, 1.165) is 25.9 Å². The third-order valence-electron chi connectivity index (χ3n) is 4.44. The summed E-state index contributed by atoms with van der Waals surface area (Å²) in [6.07, 6.45) is 6.92. The maximum Gasteiger partial charge on any atom is 0.276 e. The molecule has 0 aromatic carbocycles. The predicted molar refractivity (Wildman–Crippen MR) is 79.0 cm³/mol. The Hall–Kier alpha value is -0.170. The molecule has 0 unspecified atom stereocenters. The summed E-state index contributed by atoms with van der Waals surface area (Å²) in [7, 11) is 0.202. The van der Waals surface area contributed by atoms with Crippen LogP contribution < -0.4 is 5.14 Å². The third-order valence-corrected chi connectivity index (χ3v) is 5.49. The topological polar surface area (TPSA) is 66.6 Å². The normalized spacial score (nSPS) is 20.9. The molecule has 5 nitrogen and oxygen atoms in total. The second-order valence-electron chi connectivity index (χ2n) is 6.02. The molecule has 0 bridgehead atoms. The van der Waals surface area contributed by atoms with Crippen LogP contribution in [0.2, 0.25) is 0 Å². The standard InChI is InChI=1S/C13H29N3O2S/c1-4-6-13(8-11-15(2)12-9-13)7-5-10-16(3)19(14,17)18/h4-12H2,1-3H3,(H2,14,17,18). The van der Waals surface area contributed by atoms with Gasteiger partial charge in [0.25, 0.3) is 10.2 Å². The van der Waals surface area contributed by atoms with Crippen LogP contribution >= 0.6 is 0 Å². The molecule has 1 fully saturated rings. The molecule has 0 spiro atoms. The van der Waals surface area contributed by atoms with Gasteiger partial charge < -0.3 is 4.90 Å². The second-order valence-corrected chi connectivity index (χ2v) is 7.68. The molecule has 1 rings (SSSR count). The summed E-state index contributed by atoms with van der Waals surface area (Å²) < 4.78 is 23.6.